The summed E-state index contributed by atoms with van der Waals surface area (Å²) in [6, 6.07) is 13.3. The number of para-hydroxylation sites is 1. The van der Waals surface area contributed by atoms with E-state index in [1.165, 1.54) is 11.3 Å². The molecular weight excluding hydrogens is 374 g/mol. The molecule has 28 heavy (non-hydrogen) atoms. The number of nitrogens with one attached hydrogen (secondary N) is 1. The van der Waals surface area contributed by atoms with E-state index in [1.807, 2.05) is 68.6 Å². The van der Waals surface area contributed by atoms with Crippen LogP contribution in [-0.2, 0) is 9.53 Å². The van der Waals surface area contributed by atoms with Gasteiger partial charge in [0.15, 0.2) is 6.61 Å². The van der Waals surface area contributed by atoms with Gasteiger partial charge >= 0.3 is 5.97 Å². The molecule has 1 aromatic carbocycles. The second kappa shape index (κ2) is 8.84. The quantitative estimate of drug-likeness (QED) is 0.613. The standard InChI is InChI=1S/C21H23N3O3S/c1-14(2)15(3)22-19(25)13-27-21(26)17-12-24(16-8-5-4-6-9-16)23-20(17)18-10-7-11-28-18/h4-12,14-15H,13H2,1-3H3,(H,22,25)/t15-/m1/s1. The zero-order chi connectivity index (χ0) is 20.1. The first kappa shape index (κ1) is 19.8. The first-order valence-corrected chi connectivity index (χ1v) is 9.99. The Morgan fingerprint density at radius 3 is 2.54 bits per heavy atom. The Morgan fingerprint density at radius 2 is 1.89 bits per heavy atom. The highest BCUT2D eigenvalue weighted by molar-refractivity contribution is 7.13. The van der Waals surface area contributed by atoms with Crippen LogP contribution in [0.5, 0.6) is 0 Å². The first-order chi connectivity index (χ1) is 13.5. The molecule has 3 rings (SSSR count). The third-order valence-electron chi connectivity index (χ3n) is 4.43. The molecule has 0 radical (unpaired) electrons. The summed E-state index contributed by atoms with van der Waals surface area (Å²) in [6.07, 6.45) is 1.64. The molecule has 146 valence electrons. The summed E-state index contributed by atoms with van der Waals surface area (Å²) in [6.45, 7) is 5.63. The van der Waals surface area contributed by atoms with E-state index in [4.69, 9.17) is 4.74 Å². The van der Waals surface area contributed by atoms with Gasteiger partial charge in [0.2, 0.25) is 0 Å². The lowest BCUT2D eigenvalue weighted by atomic mass is 10.1. The van der Waals surface area contributed by atoms with Gasteiger partial charge in [-0.15, -0.1) is 11.3 Å². The van der Waals surface area contributed by atoms with Crippen LogP contribution in [-0.4, -0.2) is 34.3 Å². The summed E-state index contributed by atoms with van der Waals surface area (Å²) in [5.74, 6) is -0.588. The van der Waals surface area contributed by atoms with Crippen molar-refractivity contribution in [2.24, 2.45) is 5.92 Å². The number of benzene rings is 1. The Balaban J connectivity index is 1.79. The molecule has 0 saturated heterocycles. The van der Waals surface area contributed by atoms with Crippen molar-refractivity contribution < 1.29 is 14.3 Å². The van der Waals surface area contributed by atoms with Crippen molar-refractivity contribution >= 4 is 23.2 Å². The molecule has 6 nitrogen and oxygen atoms in total. The Labute approximate surface area is 168 Å². The summed E-state index contributed by atoms with van der Waals surface area (Å²) < 4.78 is 6.90. The fourth-order valence-electron chi connectivity index (χ4n) is 2.50. The van der Waals surface area contributed by atoms with Crippen molar-refractivity contribution in [2.45, 2.75) is 26.8 Å². The molecule has 2 aromatic heterocycles. The zero-order valence-electron chi connectivity index (χ0n) is 16.1. The number of hydrogen-bond acceptors (Lipinski definition) is 5. The van der Waals surface area contributed by atoms with Gasteiger partial charge in [0.1, 0.15) is 11.3 Å². The number of carbonyl (C=O) groups excluding carboxylic acids is 2. The summed E-state index contributed by atoms with van der Waals surface area (Å²) in [7, 11) is 0. The number of ether oxygens (including phenoxy) is 1. The predicted octanol–water partition coefficient (Wildman–Crippen LogP) is 3.92. The number of esters is 1. The summed E-state index contributed by atoms with van der Waals surface area (Å²) in [5.41, 5.74) is 1.71. The van der Waals surface area contributed by atoms with E-state index >= 15 is 0 Å². The number of hydrogen-bond donors (Lipinski definition) is 1. The van der Waals surface area contributed by atoms with Crippen molar-refractivity contribution in [3.8, 4) is 16.3 Å². The Kier molecular flexibility index (Phi) is 6.26. The van der Waals surface area contributed by atoms with E-state index < -0.39 is 5.97 Å². The van der Waals surface area contributed by atoms with Crippen LogP contribution < -0.4 is 5.32 Å². The minimum Gasteiger partial charge on any atom is -0.452 e. The van der Waals surface area contributed by atoms with Crippen LogP contribution >= 0.6 is 11.3 Å². The van der Waals surface area contributed by atoms with Gasteiger partial charge in [-0.3, -0.25) is 4.79 Å². The summed E-state index contributed by atoms with van der Waals surface area (Å²) >= 11 is 1.49. The van der Waals surface area contributed by atoms with Gasteiger partial charge in [-0.05, 0) is 36.4 Å². The average molecular weight is 398 g/mol. The van der Waals surface area contributed by atoms with Crippen molar-refractivity contribution in [2.75, 3.05) is 6.61 Å². The molecule has 0 saturated carbocycles. The van der Waals surface area contributed by atoms with Crippen LogP contribution in [0.25, 0.3) is 16.3 Å². The van der Waals surface area contributed by atoms with Crippen molar-refractivity contribution in [3.63, 3.8) is 0 Å². The molecule has 0 unspecified atom stereocenters. The van der Waals surface area contributed by atoms with Crippen LogP contribution in [0.4, 0.5) is 0 Å². The van der Waals surface area contributed by atoms with Gasteiger partial charge in [-0.25, -0.2) is 9.48 Å². The monoisotopic (exact) mass is 397 g/mol. The number of thiophene rings is 1. The fraction of sp³-hybridized carbons (Fsp3) is 0.286. The molecule has 0 bridgehead atoms. The lowest BCUT2D eigenvalue weighted by Crippen LogP contribution is -2.38. The number of aromatic nitrogens is 2. The van der Waals surface area contributed by atoms with E-state index in [1.54, 1.807) is 10.9 Å². The maximum absolute atomic E-state index is 12.7. The first-order valence-electron chi connectivity index (χ1n) is 9.11. The molecule has 3 aromatic rings. The maximum atomic E-state index is 12.7. The topological polar surface area (TPSA) is 73.2 Å². The van der Waals surface area contributed by atoms with Crippen LogP contribution in [0.3, 0.4) is 0 Å². The second-order valence-electron chi connectivity index (χ2n) is 6.83. The Bertz CT molecular complexity index is 933. The number of nitrogens with zero attached hydrogens (tertiary/aromatic N) is 2. The molecule has 0 aliphatic carbocycles. The normalized spacial score (nSPS) is 12.0. The van der Waals surface area contributed by atoms with Crippen molar-refractivity contribution in [3.05, 3.63) is 59.6 Å². The molecule has 2 heterocycles. The van der Waals surface area contributed by atoms with E-state index in [9.17, 15) is 9.59 Å². The van der Waals surface area contributed by atoms with Crippen molar-refractivity contribution in [1.29, 1.82) is 0 Å². The SMILES string of the molecule is CC(C)[C@@H](C)NC(=O)COC(=O)c1cn(-c2ccccc2)nc1-c1cccs1. The van der Waals surface area contributed by atoms with E-state index in [0.29, 0.717) is 17.2 Å². The Hall–Kier alpha value is -2.93. The maximum Gasteiger partial charge on any atom is 0.342 e. The third kappa shape index (κ3) is 4.67. The highest BCUT2D eigenvalue weighted by atomic mass is 32.1. The predicted molar refractivity (Wildman–Crippen MR) is 110 cm³/mol. The van der Waals surface area contributed by atoms with Gasteiger partial charge in [0.25, 0.3) is 5.91 Å². The molecule has 1 amide bonds. The molecular formula is C21H23N3O3S. The highest BCUT2D eigenvalue weighted by Crippen LogP contribution is 2.28. The Morgan fingerprint density at radius 1 is 1.14 bits per heavy atom. The molecule has 0 spiro atoms. The summed E-state index contributed by atoms with van der Waals surface area (Å²) in [5, 5.41) is 9.32. The highest BCUT2D eigenvalue weighted by Gasteiger charge is 2.22. The van der Waals surface area contributed by atoms with Crippen LogP contribution in [0.15, 0.2) is 54.0 Å². The third-order valence-corrected chi connectivity index (χ3v) is 5.31. The molecule has 1 N–H and O–H groups in total. The van der Waals surface area contributed by atoms with Crippen LogP contribution in [0.2, 0.25) is 0 Å². The fourth-order valence-corrected chi connectivity index (χ4v) is 3.23. The molecule has 7 heteroatoms. The van der Waals surface area contributed by atoms with Gasteiger partial charge in [0, 0.05) is 12.2 Å². The van der Waals surface area contributed by atoms with Gasteiger partial charge < -0.3 is 10.1 Å². The average Bonchev–Trinajstić information content (AvgIpc) is 3.36. The van der Waals surface area contributed by atoms with Gasteiger partial charge in [-0.2, -0.15) is 5.10 Å². The lowest BCUT2D eigenvalue weighted by molar-refractivity contribution is -0.125. The van der Waals surface area contributed by atoms with Gasteiger partial charge in [-0.1, -0.05) is 38.1 Å². The number of rotatable bonds is 7. The molecule has 0 aliphatic heterocycles. The zero-order valence-corrected chi connectivity index (χ0v) is 16.9. The molecule has 0 aliphatic rings. The minimum absolute atomic E-state index is 0.00807. The minimum atomic E-state index is -0.571. The van der Waals surface area contributed by atoms with E-state index in [-0.39, 0.29) is 18.6 Å². The number of carbonyl (C=O) groups is 2. The molecule has 1 atom stereocenters. The lowest BCUT2D eigenvalue weighted by Gasteiger charge is -2.17. The van der Waals surface area contributed by atoms with Crippen LogP contribution in [0.1, 0.15) is 31.1 Å². The molecule has 0 fully saturated rings. The van der Waals surface area contributed by atoms with Crippen LogP contribution in [0, 0.1) is 5.92 Å². The van der Waals surface area contributed by atoms with E-state index in [0.717, 1.165) is 10.6 Å². The van der Waals surface area contributed by atoms with E-state index in [2.05, 4.69) is 10.4 Å². The van der Waals surface area contributed by atoms with Crippen molar-refractivity contribution in [1.82, 2.24) is 15.1 Å². The second-order valence-corrected chi connectivity index (χ2v) is 7.77. The largest absolute Gasteiger partial charge is 0.452 e. The van der Waals surface area contributed by atoms with Gasteiger partial charge in [0.05, 0.1) is 10.6 Å². The smallest absolute Gasteiger partial charge is 0.342 e. The summed E-state index contributed by atoms with van der Waals surface area (Å²) in [4.78, 5) is 25.6. The number of amides is 1.